The Morgan fingerprint density at radius 3 is 2.93 bits per heavy atom. The zero-order valence-corrected chi connectivity index (χ0v) is 9.36. The van der Waals surface area contributed by atoms with Crippen molar-refractivity contribution in [1.82, 2.24) is 5.32 Å². The number of hydrogen-bond donors (Lipinski definition) is 1. The van der Waals surface area contributed by atoms with Crippen molar-refractivity contribution < 1.29 is 13.9 Å². The van der Waals surface area contributed by atoms with E-state index in [9.17, 15) is 0 Å². The number of hydrogen-bond acceptors (Lipinski definition) is 4. The van der Waals surface area contributed by atoms with Crippen molar-refractivity contribution in [3.8, 4) is 0 Å². The molecule has 0 aromatic carbocycles. The molecular weight excluding hydrogens is 194 g/mol. The van der Waals surface area contributed by atoms with Crippen LogP contribution in [0, 0.1) is 0 Å². The summed E-state index contributed by atoms with van der Waals surface area (Å²) < 4.78 is 15.4. The quantitative estimate of drug-likeness (QED) is 0.656. The molecule has 4 nitrogen and oxygen atoms in total. The van der Waals surface area contributed by atoms with Crippen molar-refractivity contribution in [3.63, 3.8) is 0 Å². The summed E-state index contributed by atoms with van der Waals surface area (Å²) in [6, 6.07) is 2.29. The average Bonchev–Trinajstić information content (AvgIpc) is 2.75. The number of methoxy groups -OCH3 is 1. The first kappa shape index (κ1) is 12.2. The fourth-order valence-corrected chi connectivity index (χ4v) is 1.31. The van der Waals surface area contributed by atoms with Crippen LogP contribution in [0.2, 0.25) is 0 Å². The van der Waals surface area contributed by atoms with Crippen molar-refractivity contribution in [2.45, 2.75) is 12.5 Å². The molecule has 1 aromatic heterocycles. The van der Waals surface area contributed by atoms with Gasteiger partial charge in [-0.3, -0.25) is 0 Å². The van der Waals surface area contributed by atoms with Gasteiger partial charge in [0.25, 0.3) is 0 Å². The minimum atomic E-state index is 0.319. The lowest BCUT2D eigenvalue weighted by atomic mass is 10.1. The third-order valence-corrected chi connectivity index (χ3v) is 2.22. The summed E-state index contributed by atoms with van der Waals surface area (Å²) in [4.78, 5) is 0. The Kier molecular flexibility index (Phi) is 6.08. The Labute approximate surface area is 90.6 Å². The number of nitrogens with one attached hydrogen (secondary N) is 1. The van der Waals surface area contributed by atoms with Crippen molar-refractivity contribution in [3.05, 3.63) is 24.2 Å². The van der Waals surface area contributed by atoms with E-state index in [1.165, 1.54) is 5.56 Å². The molecule has 0 spiro atoms. The summed E-state index contributed by atoms with van der Waals surface area (Å²) >= 11 is 0. The van der Waals surface area contributed by atoms with Gasteiger partial charge in [-0.2, -0.15) is 0 Å². The summed E-state index contributed by atoms with van der Waals surface area (Å²) in [6.07, 6.45) is 4.37. The van der Waals surface area contributed by atoms with Crippen LogP contribution in [0.4, 0.5) is 0 Å². The van der Waals surface area contributed by atoms with Crippen LogP contribution in [0.15, 0.2) is 23.0 Å². The molecule has 0 aliphatic carbocycles. The highest BCUT2D eigenvalue weighted by Gasteiger charge is 2.07. The first-order chi connectivity index (χ1) is 7.36. The van der Waals surface area contributed by atoms with E-state index in [-0.39, 0.29) is 0 Å². The molecule has 15 heavy (non-hydrogen) atoms. The van der Waals surface area contributed by atoms with Crippen LogP contribution >= 0.6 is 0 Å². The summed E-state index contributed by atoms with van der Waals surface area (Å²) in [5.74, 6) is 0. The fraction of sp³-hybridized carbons (Fsp3) is 0.636. The molecule has 1 N–H and O–H groups in total. The summed E-state index contributed by atoms with van der Waals surface area (Å²) in [7, 11) is 3.61. The van der Waals surface area contributed by atoms with Crippen LogP contribution in [0.5, 0.6) is 0 Å². The molecule has 1 rings (SSSR count). The van der Waals surface area contributed by atoms with Gasteiger partial charge in [0.05, 0.1) is 32.3 Å². The maximum Gasteiger partial charge on any atom is 0.0935 e. The van der Waals surface area contributed by atoms with Gasteiger partial charge in [0.15, 0.2) is 0 Å². The number of likely N-dealkylation sites (N-methyl/N-ethyl adjacent to an activating group) is 1. The molecule has 4 heteroatoms. The number of furan rings is 1. The van der Waals surface area contributed by atoms with Gasteiger partial charge in [-0.05, 0) is 25.1 Å². The Morgan fingerprint density at radius 2 is 2.33 bits per heavy atom. The maximum atomic E-state index is 5.46. The minimum absolute atomic E-state index is 0.319. The molecule has 1 heterocycles. The van der Waals surface area contributed by atoms with Crippen LogP contribution in [-0.2, 0) is 15.9 Å². The van der Waals surface area contributed by atoms with Crippen LogP contribution < -0.4 is 5.32 Å². The monoisotopic (exact) mass is 213 g/mol. The molecule has 1 unspecified atom stereocenters. The molecule has 86 valence electrons. The van der Waals surface area contributed by atoms with E-state index < -0.39 is 0 Å². The minimum Gasteiger partial charge on any atom is -0.472 e. The Hall–Kier alpha value is -0.840. The molecule has 1 atom stereocenters. The number of ether oxygens (including phenoxy) is 2. The highest BCUT2D eigenvalue weighted by atomic mass is 16.5. The topological polar surface area (TPSA) is 43.6 Å². The lowest BCUT2D eigenvalue weighted by Gasteiger charge is -2.15. The molecule has 1 aromatic rings. The molecule has 0 fully saturated rings. The van der Waals surface area contributed by atoms with Gasteiger partial charge in [0.1, 0.15) is 0 Å². The molecular formula is C11H19NO3. The van der Waals surface area contributed by atoms with Crippen LogP contribution in [0.3, 0.4) is 0 Å². The van der Waals surface area contributed by atoms with Gasteiger partial charge in [-0.25, -0.2) is 0 Å². The molecule has 0 aliphatic rings. The first-order valence-electron chi connectivity index (χ1n) is 5.12. The highest BCUT2D eigenvalue weighted by molar-refractivity contribution is 5.07. The standard InChI is InChI=1S/C11H19NO3/c1-12-11(9-15-6-5-13-2)7-10-3-4-14-8-10/h3-4,8,11-12H,5-7,9H2,1-2H3. The average molecular weight is 213 g/mol. The molecule has 0 amide bonds. The maximum absolute atomic E-state index is 5.46. The van der Waals surface area contributed by atoms with Gasteiger partial charge >= 0.3 is 0 Å². The van der Waals surface area contributed by atoms with Crippen LogP contribution in [0.25, 0.3) is 0 Å². The van der Waals surface area contributed by atoms with Crippen molar-refractivity contribution in [2.24, 2.45) is 0 Å². The van der Waals surface area contributed by atoms with Gasteiger partial charge in [-0.15, -0.1) is 0 Å². The molecule has 0 bridgehead atoms. The van der Waals surface area contributed by atoms with E-state index in [0.29, 0.717) is 25.9 Å². The second-order valence-corrected chi connectivity index (χ2v) is 3.39. The van der Waals surface area contributed by atoms with Crippen molar-refractivity contribution in [2.75, 3.05) is 34.0 Å². The van der Waals surface area contributed by atoms with Gasteiger partial charge < -0.3 is 19.2 Å². The van der Waals surface area contributed by atoms with E-state index >= 15 is 0 Å². The SMILES string of the molecule is CNC(COCCOC)Cc1ccoc1. The lowest BCUT2D eigenvalue weighted by molar-refractivity contribution is 0.0597. The van der Waals surface area contributed by atoms with Crippen molar-refractivity contribution in [1.29, 1.82) is 0 Å². The normalized spacial score (nSPS) is 12.9. The van der Waals surface area contributed by atoms with E-state index in [1.807, 2.05) is 13.1 Å². The van der Waals surface area contributed by atoms with Gasteiger partial charge in [0, 0.05) is 13.2 Å². The van der Waals surface area contributed by atoms with E-state index in [4.69, 9.17) is 13.9 Å². The van der Waals surface area contributed by atoms with E-state index in [2.05, 4.69) is 5.32 Å². The molecule has 0 saturated heterocycles. The Morgan fingerprint density at radius 1 is 1.47 bits per heavy atom. The second-order valence-electron chi connectivity index (χ2n) is 3.39. The zero-order chi connectivity index (χ0) is 10.9. The van der Waals surface area contributed by atoms with Gasteiger partial charge in [0.2, 0.25) is 0 Å². The lowest BCUT2D eigenvalue weighted by Crippen LogP contribution is -2.32. The highest BCUT2D eigenvalue weighted by Crippen LogP contribution is 2.04. The fourth-order valence-electron chi connectivity index (χ4n) is 1.31. The predicted octanol–water partition coefficient (Wildman–Crippen LogP) is 1.07. The summed E-state index contributed by atoms with van der Waals surface area (Å²) in [5.41, 5.74) is 1.18. The molecule has 0 aliphatic heterocycles. The van der Waals surface area contributed by atoms with Crippen LogP contribution in [0.1, 0.15) is 5.56 Å². The largest absolute Gasteiger partial charge is 0.472 e. The predicted molar refractivity (Wildman–Crippen MR) is 58.0 cm³/mol. The Balaban J connectivity index is 2.18. The Bertz CT molecular complexity index is 236. The second kappa shape index (κ2) is 7.45. The summed E-state index contributed by atoms with van der Waals surface area (Å²) in [6.45, 7) is 1.97. The summed E-state index contributed by atoms with van der Waals surface area (Å²) in [5, 5.41) is 3.21. The zero-order valence-electron chi connectivity index (χ0n) is 9.36. The molecule has 0 saturated carbocycles. The van der Waals surface area contributed by atoms with Crippen LogP contribution in [-0.4, -0.2) is 40.0 Å². The third kappa shape index (κ3) is 4.97. The van der Waals surface area contributed by atoms with E-state index in [0.717, 1.165) is 6.42 Å². The van der Waals surface area contributed by atoms with Crippen molar-refractivity contribution >= 4 is 0 Å². The number of rotatable bonds is 8. The first-order valence-corrected chi connectivity index (χ1v) is 5.12. The third-order valence-electron chi connectivity index (χ3n) is 2.22. The molecule has 0 radical (unpaired) electrons. The smallest absolute Gasteiger partial charge is 0.0935 e. The van der Waals surface area contributed by atoms with Gasteiger partial charge in [-0.1, -0.05) is 0 Å². The van der Waals surface area contributed by atoms with E-state index in [1.54, 1.807) is 19.6 Å².